The summed E-state index contributed by atoms with van der Waals surface area (Å²) in [5.74, 6) is 2.19. The first-order chi connectivity index (χ1) is 18.9. The number of pyridine rings is 1. The van der Waals surface area contributed by atoms with Gasteiger partial charge in [0.05, 0.1) is 41.7 Å². The summed E-state index contributed by atoms with van der Waals surface area (Å²) in [6, 6.07) is 14.9. The molecule has 5 heterocycles. The summed E-state index contributed by atoms with van der Waals surface area (Å²) in [4.78, 5) is 9.45. The molecule has 12 heteroatoms. The Balaban J connectivity index is 1.45. The molecule has 1 fully saturated rings. The highest BCUT2D eigenvalue weighted by atomic mass is 16.6. The molecule has 196 valence electrons. The number of nitrogens with one attached hydrogen (secondary N) is 1. The molecule has 5 aromatic rings. The molecule has 1 atom stereocenters. The normalized spacial score (nSPS) is 14.1. The number of aryl methyl sites for hydroxylation is 2. The van der Waals surface area contributed by atoms with Crippen LogP contribution in [0.4, 0.5) is 11.5 Å². The summed E-state index contributed by atoms with van der Waals surface area (Å²) in [6.45, 7) is 6.41. The number of nitrogens with zero attached hydrogens (tertiary/aromatic N) is 8. The van der Waals surface area contributed by atoms with Crippen molar-refractivity contribution in [3.63, 3.8) is 0 Å². The summed E-state index contributed by atoms with van der Waals surface area (Å²) in [5, 5.41) is 35.7. The van der Waals surface area contributed by atoms with Gasteiger partial charge in [0.15, 0.2) is 17.3 Å². The molecule has 1 aromatic carbocycles. The Labute approximate surface area is 223 Å². The van der Waals surface area contributed by atoms with E-state index in [1.54, 1.807) is 30.1 Å². The van der Waals surface area contributed by atoms with E-state index in [0.29, 0.717) is 53.2 Å². The van der Waals surface area contributed by atoms with Crippen LogP contribution in [0.5, 0.6) is 5.75 Å². The molecule has 0 amide bonds. The zero-order chi connectivity index (χ0) is 27.1. The fraction of sp³-hybridized carbons (Fsp3) is 0.259. The smallest absolute Gasteiger partial charge is 0.163 e. The largest absolute Gasteiger partial charge is 0.483 e. The van der Waals surface area contributed by atoms with E-state index in [2.05, 4.69) is 31.7 Å². The minimum atomic E-state index is -0.793. The zero-order valence-electron chi connectivity index (χ0n) is 21.5. The first-order valence-electron chi connectivity index (χ1n) is 12.4. The van der Waals surface area contributed by atoms with Gasteiger partial charge in [0.25, 0.3) is 0 Å². The van der Waals surface area contributed by atoms with Crippen molar-refractivity contribution < 1.29 is 14.6 Å². The van der Waals surface area contributed by atoms with Gasteiger partial charge in [-0.15, -0.1) is 5.10 Å². The van der Waals surface area contributed by atoms with Crippen LogP contribution < -0.4 is 10.1 Å². The maximum Gasteiger partial charge on any atom is 0.163 e. The Bertz CT molecular complexity index is 1710. The Kier molecular flexibility index (Phi) is 6.14. The number of hydrogen-bond donors (Lipinski definition) is 2. The molecule has 0 radical (unpaired) electrons. The van der Waals surface area contributed by atoms with Crippen LogP contribution in [0.1, 0.15) is 35.7 Å². The van der Waals surface area contributed by atoms with E-state index in [9.17, 15) is 10.4 Å². The number of nitriles is 1. The topological polar surface area (TPSA) is 149 Å². The fourth-order valence-corrected chi connectivity index (χ4v) is 4.30. The van der Waals surface area contributed by atoms with Crippen molar-refractivity contribution in [1.82, 2.24) is 34.5 Å². The molecule has 1 aliphatic heterocycles. The molecule has 6 rings (SSSR count). The van der Waals surface area contributed by atoms with E-state index in [1.165, 1.54) is 0 Å². The lowest BCUT2D eigenvalue weighted by atomic mass is 10.1. The highest BCUT2D eigenvalue weighted by Crippen LogP contribution is 2.34. The Morgan fingerprint density at radius 1 is 1.15 bits per heavy atom. The van der Waals surface area contributed by atoms with Gasteiger partial charge in [0, 0.05) is 17.3 Å². The number of benzene rings is 1. The maximum absolute atomic E-state index is 10.4. The van der Waals surface area contributed by atoms with Gasteiger partial charge in [-0.05, 0) is 57.2 Å². The molecule has 1 unspecified atom stereocenters. The van der Waals surface area contributed by atoms with E-state index >= 15 is 0 Å². The Morgan fingerprint density at radius 3 is 2.67 bits per heavy atom. The second-order valence-corrected chi connectivity index (χ2v) is 9.37. The third kappa shape index (κ3) is 4.65. The number of aliphatic hydroxyl groups is 1. The predicted octanol–water partition coefficient (Wildman–Crippen LogP) is 3.46. The molecule has 0 aliphatic carbocycles. The van der Waals surface area contributed by atoms with E-state index < -0.39 is 6.10 Å². The SMILES string of the molecule is Cc1ccc(Nc2cc3ncn(-c4ccc(C(C)O)c(-n5nc(C#N)cc5C)n4)c3cc2OC2COC2)nn1. The van der Waals surface area contributed by atoms with E-state index in [1.807, 2.05) is 48.7 Å². The highest BCUT2D eigenvalue weighted by molar-refractivity contribution is 5.86. The third-order valence-corrected chi connectivity index (χ3v) is 6.40. The Hall–Kier alpha value is -4.86. The van der Waals surface area contributed by atoms with Crippen LogP contribution in [-0.2, 0) is 4.74 Å². The molecule has 1 saturated heterocycles. The first-order valence-corrected chi connectivity index (χ1v) is 12.4. The van der Waals surface area contributed by atoms with Crippen LogP contribution in [-0.4, -0.2) is 58.9 Å². The summed E-state index contributed by atoms with van der Waals surface area (Å²) in [5.41, 5.74) is 4.57. The van der Waals surface area contributed by atoms with Crippen LogP contribution in [0.3, 0.4) is 0 Å². The first kappa shape index (κ1) is 24.5. The van der Waals surface area contributed by atoms with Crippen molar-refractivity contribution in [2.75, 3.05) is 18.5 Å². The second-order valence-electron chi connectivity index (χ2n) is 9.37. The van der Waals surface area contributed by atoms with Crippen LogP contribution in [0, 0.1) is 25.2 Å². The van der Waals surface area contributed by atoms with Crippen molar-refractivity contribution in [3.05, 3.63) is 71.4 Å². The highest BCUT2D eigenvalue weighted by Gasteiger charge is 2.23. The fourth-order valence-electron chi connectivity index (χ4n) is 4.30. The second kappa shape index (κ2) is 9.79. The predicted molar refractivity (Wildman–Crippen MR) is 141 cm³/mol. The lowest BCUT2D eigenvalue weighted by Gasteiger charge is -2.27. The van der Waals surface area contributed by atoms with Crippen LogP contribution in [0.2, 0.25) is 0 Å². The lowest BCUT2D eigenvalue weighted by molar-refractivity contribution is -0.0793. The van der Waals surface area contributed by atoms with Crippen LogP contribution >= 0.6 is 0 Å². The molecular formula is C27H25N9O3. The number of hydrogen-bond acceptors (Lipinski definition) is 10. The van der Waals surface area contributed by atoms with Crippen molar-refractivity contribution in [2.24, 2.45) is 0 Å². The number of aliphatic hydroxyl groups excluding tert-OH is 1. The van der Waals surface area contributed by atoms with Gasteiger partial charge < -0.3 is 19.9 Å². The van der Waals surface area contributed by atoms with Crippen molar-refractivity contribution >= 4 is 22.5 Å². The van der Waals surface area contributed by atoms with Crippen LogP contribution in [0.25, 0.3) is 22.7 Å². The van der Waals surface area contributed by atoms with Gasteiger partial charge in [-0.3, -0.25) is 4.57 Å². The minimum absolute atomic E-state index is 0.0596. The van der Waals surface area contributed by atoms with Crippen molar-refractivity contribution in [3.8, 4) is 23.5 Å². The van der Waals surface area contributed by atoms with E-state index in [-0.39, 0.29) is 11.8 Å². The van der Waals surface area contributed by atoms with Gasteiger partial charge in [-0.1, -0.05) is 0 Å². The molecule has 4 aromatic heterocycles. The number of aromatic nitrogens is 7. The van der Waals surface area contributed by atoms with Crippen LogP contribution in [0.15, 0.2) is 48.8 Å². The number of fused-ring (bicyclic) bond motifs is 1. The quantitative estimate of drug-likeness (QED) is 0.325. The van der Waals surface area contributed by atoms with Crippen molar-refractivity contribution in [2.45, 2.75) is 33.0 Å². The maximum atomic E-state index is 10.4. The number of anilines is 2. The number of rotatable bonds is 7. The zero-order valence-corrected chi connectivity index (χ0v) is 21.5. The van der Waals surface area contributed by atoms with Gasteiger partial charge >= 0.3 is 0 Å². The number of imidazole rings is 1. The molecule has 39 heavy (non-hydrogen) atoms. The summed E-state index contributed by atoms with van der Waals surface area (Å²) >= 11 is 0. The van der Waals surface area contributed by atoms with Gasteiger partial charge in [0.2, 0.25) is 0 Å². The molecule has 12 nitrogen and oxygen atoms in total. The molecule has 0 saturated carbocycles. The van der Waals surface area contributed by atoms with Crippen molar-refractivity contribution in [1.29, 1.82) is 5.26 Å². The standard InChI is InChI=1S/C27H25N9O3/c1-15-4-6-25(33-32-15)30-22-9-21-23(10-24(22)39-19-12-38-13-19)35(14-29-21)26-7-5-20(17(3)37)27(31-26)36-16(2)8-18(11-28)34-36/h4-10,14,17,19,37H,12-13H2,1-3H3,(H,30,33). The number of ether oxygens (including phenoxy) is 2. The third-order valence-electron chi connectivity index (χ3n) is 6.40. The molecule has 2 N–H and O–H groups in total. The van der Waals surface area contributed by atoms with E-state index in [0.717, 1.165) is 16.9 Å². The van der Waals surface area contributed by atoms with Gasteiger partial charge in [0.1, 0.15) is 30.1 Å². The van der Waals surface area contributed by atoms with Gasteiger partial charge in [-0.25, -0.2) is 14.6 Å². The summed E-state index contributed by atoms with van der Waals surface area (Å²) in [7, 11) is 0. The lowest BCUT2D eigenvalue weighted by Crippen LogP contribution is -2.38. The summed E-state index contributed by atoms with van der Waals surface area (Å²) < 4.78 is 15.0. The summed E-state index contributed by atoms with van der Waals surface area (Å²) in [6.07, 6.45) is 0.829. The molecule has 0 spiro atoms. The Morgan fingerprint density at radius 2 is 2.00 bits per heavy atom. The average molecular weight is 524 g/mol. The minimum Gasteiger partial charge on any atom is -0.483 e. The molecule has 0 bridgehead atoms. The molecule has 1 aliphatic rings. The molecular weight excluding hydrogens is 498 g/mol. The van der Waals surface area contributed by atoms with E-state index in [4.69, 9.17) is 14.5 Å². The average Bonchev–Trinajstić information content (AvgIpc) is 3.49. The monoisotopic (exact) mass is 523 g/mol. The van der Waals surface area contributed by atoms with Gasteiger partial charge in [-0.2, -0.15) is 15.5 Å².